The summed E-state index contributed by atoms with van der Waals surface area (Å²) in [5, 5.41) is 0. The molecule has 2 aromatic carbocycles. The molecule has 0 unspecified atom stereocenters. The minimum Gasteiger partial charge on any atom is -0.497 e. The first-order chi connectivity index (χ1) is 17.8. The Balaban J connectivity index is 1.99. The van der Waals surface area contributed by atoms with E-state index in [-0.39, 0.29) is 17.7 Å². The number of carbonyl (C=O) groups excluding carboxylic acids is 2. The van der Waals surface area contributed by atoms with E-state index in [0.717, 1.165) is 0 Å². The smallest absolute Gasteiger partial charge is 0.338 e. The molecule has 1 aliphatic rings. The number of hydrogen-bond acceptors (Lipinski definition) is 9. The van der Waals surface area contributed by atoms with Gasteiger partial charge in [0.2, 0.25) is 0 Å². The number of hydrogen-bond donors (Lipinski definition) is 0. The number of aromatic nitrogens is 1. The number of benzene rings is 2. The van der Waals surface area contributed by atoms with Gasteiger partial charge in [-0.25, -0.2) is 9.79 Å². The fourth-order valence-electron chi connectivity index (χ4n) is 4.12. The van der Waals surface area contributed by atoms with E-state index in [1.807, 2.05) is 0 Å². The maximum atomic E-state index is 13.8. The molecule has 0 amide bonds. The summed E-state index contributed by atoms with van der Waals surface area (Å²) in [6, 6.07) is 11.3. The van der Waals surface area contributed by atoms with E-state index in [0.29, 0.717) is 43.4 Å². The zero-order valence-corrected chi connectivity index (χ0v) is 21.9. The highest BCUT2D eigenvalue weighted by Crippen LogP contribution is 2.37. The Hall–Kier alpha value is -4.18. The van der Waals surface area contributed by atoms with Gasteiger partial charge >= 0.3 is 11.9 Å². The zero-order valence-electron chi connectivity index (χ0n) is 21.1. The number of rotatable bonds is 7. The summed E-state index contributed by atoms with van der Waals surface area (Å²) in [6.07, 6.45) is 1.65. The summed E-state index contributed by atoms with van der Waals surface area (Å²) in [7, 11) is 3.05. The first-order valence-electron chi connectivity index (χ1n) is 11.5. The van der Waals surface area contributed by atoms with E-state index in [9.17, 15) is 14.4 Å². The van der Waals surface area contributed by atoms with Gasteiger partial charge in [-0.2, -0.15) is 0 Å². The highest BCUT2D eigenvalue weighted by molar-refractivity contribution is 7.07. The van der Waals surface area contributed by atoms with Crippen LogP contribution in [0.1, 0.15) is 37.9 Å². The molecule has 0 saturated carbocycles. The van der Waals surface area contributed by atoms with Gasteiger partial charge in [0, 0.05) is 24.1 Å². The minimum atomic E-state index is -0.845. The number of allylic oxidation sites excluding steroid dienone is 1. The van der Waals surface area contributed by atoms with Crippen molar-refractivity contribution in [3.8, 4) is 17.2 Å². The van der Waals surface area contributed by atoms with E-state index in [2.05, 4.69) is 4.99 Å². The van der Waals surface area contributed by atoms with Gasteiger partial charge < -0.3 is 18.9 Å². The van der Waals surface area contributed by atoms with E-state index < -0.39 is 18.0 Å². The molecule has 4 rings (SSSR count). The predicted molar refractivity (Wildman–Crippen MR) is 138 cm³/mol. The van der Waals surface area contributed by atoms with Crippen LogP contribution in [0.25, 0.3) is 6.08 Å². The molecule has 192 valence electrons. The Kier molecular flexibility index (Phi) is 7.58. The van der Waals surface area contributed by atoms with E-state index >= 15 is 0 Å². The third-order valence-corrected chi connectivity index (χ3v) is 6.69. The predicted octanol–water partition coefficient (Wildman–Crippen LogP) is 2.74. The lowest BCUT2D eigenvalue weighted by Crippen LogP contribution is -2.40. The van der Waals surface area contributed by atoms with E-state index in [1.165, 1.54) is 29.9 Å². The number of esters is 2. The Morgan fingerprint density at radius 1 is 1.11 bits per heavy atom. The first-order valence-corrected chi connectivity index (χ1v) is 12.3. The van der Waals surface area contributed by atoms with Crippen LogP contribution in [0.5, 0.6) is 17.2 Å². The topological polar surface area (TPSA) is 105 Å². The van der Waals surface area contributed by atoms with Crippen LogP contribution in [-0.2, 0) is 14.3 Å². The van der Waals surface area contributed by atoms with Gasteiger partial charge in [0.15, 0.2) is 4.80 Å². The monoisotopic (exact) mass is 522 g/mol. The van der Waals surface area contributed by atoms with Crippen molar-refractivity contribution in [3.63, 3.8) is 0 Å². The van der Waals surface area contributed by atoms with Crippen molar-refractivity contribution >= 4 is 29.4 Å². The van der Waals surface area contributed by atoms with Crippen molar-refractivity contribution in [1.29, 1.82) is 0 Å². The van der Waals surface area contributed by atoms with Gasteiger partial charge in [0.05, 0.1) is 36.6 Å². The number of nitrogens with zero attached hydrogens (tertiary/aromatic N) is 2. The molecule has 1 atom stereocenters. The fourth-order valence-corrected chi connectivity index (χ4v) is 5.16. The Morgan fingerprint density at radius 3 is 2.54 bits per heavy atom. The van der Waals surface area contributed by atoms with Crippen molar-refractivity contribution < 1.29 is 28.5 Å². The summed E-state index contributed by atoms with van der Waals surface area (Å²) in [4.78, 5) is 43.5. The van der Waals surface area contributed by atoms with Crippen molar-refractivity contribution in [3.05, 3.63) is 84.5 Å². The lowest BCUT2D eigenvalue weighted by atomic mass is 9.95. The third-order valence-electron chi connectivity index (χ3n) is 5.71. The molecule has 1 aromatic heterocycles. The largest absolute Gasteiger partial charge is 0.497 e. The molecule has 9 nitrogen and oxygen atoms in total. The second-order valence-electron chi connectivity index (χ2n) is 8.04. The van der Waals surface area contributed by atoms with Gasteiger partial charge in [-0.15, -0.1) is 0 Å². The lowest BCUT2D eigenvalue weighted by molar-refractivity contribution is -0.139. The summed E-state index contributed by atoms with van der Waals surface area (Å²) >= 11 is 1.17. The average molecular weight is 523 g/mol. The number of fused-ring (bicyclic) bond motifs is 1. The Morgan fingerprint density at radius 2 is 1.86 bits per heavy atom. The highest BCUT2D eigenvalue weighted by atomic mass is 32.1. The van der Waals surface area contributed by atoms with Crippen molar-refractivity contribution in [1.82, 2.24) is 4.57 Å². The van der Waals surface area contributed by atoms with Crippen LogP contribution in [0.3, 0.4) is 0 Å². The molecule has 0 N–H and O–H groups in total. The second-order valence-corrected chi connectivity index (χ2v) is 9.05. The molecule has 1 aliphatic heterocycles. The zero-order chi connectivity index (χ0) is 26.7. The van der Waals surface area contributed by atoms with Crippen LogP contribution >= 0.6 is 11.3 Å². The third kappa shape index (κ3) is 5.05. The van der Waals surface area contributed by atoms with Crippen molar-refractivity contribution in [2.45, 2.75) is 26.8 Å². The number of carbonyl (C=O) groups is 2. The molecule has 3 aromatic rings. The maximum Gasteiger partial charge on any atom is 0.338 e. The molecular formula is C27H26N2O7S. The molecule has 0 fully saturated rings. The molecule has 2 heterocycles. The fraction of sp³-hybridized carbons (Fsp3) is 0.259. The standard InChI is InChI=1S/C27H26N2O7S/c1-6-35-26(32)23-15(2)28-27-29(24(23)19-12-11-18(33-4)14-21(19)34-5)25(31)22(37-27)13-17-9-7-8-10-20(17)36-16(3)30/h7-14,24H,6H2,1-5H3/b22-13-/t24-/m0/s1. The van der Waals surface area contributed by atoms with E-state index in [4.69, 9.17) is 18.9 Å². The van der Waals surface area contributed by atoms with Crippen LogP contribution in [0, 0.1) is 0 Å². The lowest BCUT2D eigenvalue weighted by Gasteiger charge is -2.26. The Labute approximate surface area is 216 Å². The van der Waals surface area contributed by atoms with Crippen LogP contribution in [0.2, 0.25) is 0 Å². The van der Waals surface area contributed by atoms with Gasteiger partial charge in [-0.05, 0) is 38.1 Å². The molecule has 37 heavy (non-hydrogen) atoms. The molecule has 0 aliphatic carbocycles. The van der Waals surface area contributed by atoms with Gasteiger partial charge in [0.1, 0.15) is 23.3 Å². The summed E-state index contributed by atoms with van der Waals surface area (Å²) in [5.74, 6) is 0.298. The van der Waals surface area contributed by atoms with Gasteiger partial charge in [0.25, 0.3) is 5.56 Å². The summed E-state index contributed by atoms with van der Waals surface area (Å²) in [5.41, 5.74) is 1.45. The minimum absolute atomic E-state index is 0.166. The second kappa shape index (κ2) is 10.8. The number of thiazole rings is 1. The van der Waals surface area contributed by atoms with Gasteiger partial charge in [-0.3, -0.25) is 14.2 Å². The molecule has 0 bridgehead atoms. The highest BCUT2D eigenvalue weighted by Gasteiger charge is 2.35. The maximum absolute atomic E-state index is 13.8. The van der Waals surface area contributed by atoms with Crippen LogP contribution in [0.4, 0.5) is 0 Å². The molecule has 10 heteroatoms. The summed E-state index contributed by atoms with van der Waals surface area (Å²) < 4.78 is 23.4. The van der Waals surface area contributed by atoms with Crippen molar-refractivity contribution in [2.75, 3.05) is 20.8 Å². The first kappa shape index (κ1) is 25.9. The molecule has 0 spiro atoms. The quantitative estimate of drug-likeness (QED) is 0.347. The van der Waals surface area contributed by atoms with Crippen LogP contribution in [-0.4, -0.2) is 37.3 Å². The molecule has 0 radical (unpaired) electrons. The molecular weight excluding hydrogens is 496 g/mol. The SMILES string of the molecule is CCOC(=O)C1=C(C)N=c2s/c(=C\c3ccccc3OC(C)=O)c(=O)n2[C@H]1c1ccc(OC)cc1OC. The number of para-hydroxylation sites is 1. The Bertz CT molecular complexity index is 1580. The average Bonchev–Trinajstić information content (AvgIpc) is 3.18. The molecule has 0 saturated heterocycles. The van der Waals surface area contributed by atoms with Crippen molar-refractivity contribution in [2.24, 2.45) is 4.99 Å². The van der Waals surface area contributed by atoms with Crippen LogP contribution < -0.4 is 29.1 Å². The van der Waals surface area contributed by atoms with E-state index in [1.54, 1.807) is 69.5 Å². The summed E-state index contributed by atoms with van der Waals surface area (Å²) in [6.45, 7) is 4.90. The normalized spacial score (nSPS) is 15.1. The number of methoxy groups -OCH3 is 2. The van der Waals surface area contributed by atoms with Crippen LogP contribution in [0.15, 0.2) is 63.5 Å². The van der Waals surface area contributed by atoms with Gasteiger partial charge in [-0.1, -0.05) is 29.5 Å². The number of ether oxygens (including phenoxy) is 4.